The Morgan fingerprint density at radius 2 is 2.19 bits per heavy atom. The SMILES string of the molecule is CCn1nc(C)cc1CNCC1CCCC1. The minimum Gasteiger partial charge on any atom is -0.311 e. The van der Waals surface area contributed by atoms with Crippen LogP contribution in [0.15, 0.2) is 6.07 Å². The highest BCUT2D eigenvalue weighted by molar-refractivity contribution is 5.08. The van der Waals surface area contributed by atoms with E-state index in [2.05, 4.69) is 35.0 Å². The molecule has 1 N–H and O–H groups in total. The molecular formula is C13H23N3. The van der Waals surface area contributed by atoms with Gasteiger partial charge in [-0.05, 0) is 45.2 Å². The van der Waals surface area contributed by atoms with E-state index in [9.17, 15) is 0 Å². The maximum absolute atomic E-state index is 4.46. The van der Waals surface area contributed by atoms with Crippen molar-refractivity contribution in [1.29, 1.82) is 0 Å². The molecule has 0 radical (unpaired) electrons. The van der Waals surface area contributed by atoms with Gasteiger partial charge < -0.3 is 5.32 Å². The largest absolute Gasteiger partial charge is 0.311 e. The number of hydrogen-bond acceptors (Lipinski definition) is 2. The molecule has 0 aliphatic heterocycles. The molecule has 0 amide bonds. The first kappa shape index (κ1) is 11.6. The fraction of sp³-hybridized carbons (Fsp3) is 0.769. The Bertz CT molecular complexity index is 324. The number of nitrogens with one attached hydrogen (secondary N) is 1. The predicted molar refractivity (Wildman–Crippen MR) is 66.3 cm³/mol. The Morgan fingerprint density at radius 1 is 1.44 bits per heavy atom. The van der Waals surface area contributed by atoms with Crippen molar-refractivity contribution < 1.29 is 0 Å². The fourth-order valence-electron chi connectivity index (χ4n) is 2.63. The van der Waals surface area contributed by atoms with Crippen molar-refractivity contribution in [2.75, 3.05) is 6.54 Å². The van der Waals surface area contributed by atoms with Gasteiger partial charge >= 0.3 is 0 Å². The molecular weight excluding hydrogens is 198 g/mol. The number of rotatable bonds is 5. The van der Waals surface area contributed by atoms with E-state index in [1.54, 1.807) is 0 Å². The van der Waals surface area contributed by atoms with Gasteiger partial charge in [-0.15, -0.1) is 0 Å². The lowest BCUT2D eigenvalue weighted by Crippen LogP contribution is -2.22. The molecule has 0 unspecified atom stereocenters. The summed E-state index contributed by atoms with van der Waals surface area (Å²) in [6.07, 6.45) is 5.69. The monoisotopic (exact) mass is 221 g/mol. The average Bonchev–Trinajstić information content (AvgIpc) is 2.88. The molecule has 1 fully saturated rings. The van der Waals surface area contributed by atoms with Crippen LogP contribution in [0.3, 0.4) is 0 Å². The van der Waals surface area contributed by atoms with Crippen molar-refractivity contribution in [2.24, 2.45) is 5.92 Å². The molecule has 0 bridgehead atoms. The summed E-state index contributed by atoms with van der Waals surface area (Å²) in [6, 6.07) is 2.19. The van der Waals surface area contributed by atoms with E-state index in [0.29, 0.717) is 0 Å². The molecule has 1 aromatic heterocycles. The summed E-state index contributed by atoms with van der Waals surface area (Å²) in [5.74, 6) is 0.916. The highest BCUT2D eigenvalue weighted by atomic mass is 15.3. The van der Waals surface area contributed by atoms with E-state index in [4.69, 9.17) is 0 Å². The van der Waals surface area contributed by atoms with Gasteiger partial charge in [0.15, 0.2) is 0 Å². The summed E-state index contributed by atoms with van der Waals surface area (Å²) in [4.78, 5) is 0. The molecule has 0 saturated heterocycles. The van der Waals surface area contributed by atoms with Crippen molar-refractivity contribution in [3.05, 3.63) is 17.5 Å². The third-order valence-electron chi connectivity index (χ3n) is 3.50. The number of nitrogens with zero attached hydrogens (tertiary/aromatic N) is 2. The molecule has 1 aliphatic rings. The Morgan fingerprint density at radius 3 is 2.88 bits per heavy atom. The van der Waals surface area contributed by atoms with E-state index >= 15 is 0 Å². The second kappa shape index (κ2) is 5.48. The van der Waals surface area contributed by atoms with Crippen LogP contribution in [0.2, 0.25) is 0 Å². The summed E-state index contributed by atoms with van der Waals surface area (Å²) in [6.45, 7) is 7.31. The molecule has 0 spiro atoms. The van der Waals surface area contributed by atoms with Crippen LogP contribution >= 0.6 is 0 Å². The maximum Gasteiger partial charge on any atom is 0.0597 e. The van der Waals surface area contributed by atoms with Crippen molar-refractivity contribution in [3.8, 4) is 0 Å². The topological polar surface area (TPSA) is 29.9 Å². The lowest BCUT2D eigenvalue weighted by molar-refractivity contribution is 0.477. The van der Waals surface area contributed by atoms with Crippen LogP contribution in [-0.2, 0) is 13.1 Å². The summed E-state index contributed by atoms with van der Waals surface area (Å²) in [5.41, 5.74) is 2.44. The van der Waals surface area contributed by atoms with Gasteiger partial charge in [-0.2, -0.15) is 5.10 Å². The van der Waals surface area contributed by atoms with Gasteiger partial charge in [0.05, 0.1) is 11.4 Å². The first-order valence-corrected chi connectivity index (χ1v) is 6.53. The number of aromatic nitrogens is 2. The number of hydrogen-bond donors (Lipinski definition) is 1. The molecule has 1 saturated carbocycles. The minimum absolute atomic E-state index is 0.916. The van der Waals surface area contributed by atoms with Crippen molar-refractivity contribution in [3.63, 3.8) is 0 Å². The van der Waals surface area contributed by atoms with Crippen LogP contribution < -0.4 is 5.32 Å². The summed E-state index contributed by atoms with van der Waals surface area (Å²) in [5, 5.41) is 8.03. The van der Waals surface area contributed by atoms with E-state index in [1.807, 2.05) is 0 Å². The van der Waals surface area contributed by atoms with Gasteiger partial charge in [0.1, 0.15) is 0 Å². The second-order valence-corrected chi connectivity index (χ2v) is 4.87. The molecule has 0 aromatic carbocycles. The Hall–Kier alpha value is -0.830. The summed E-state index contributed by atoms with van der Waals surface area (Å²) >= 11 is 0. The normalized spacial score (nSPS) is 17.1. The maximum atomic E-state index is 4.46. The number of aryl methyl sites for hydroxylation is 2. The van der Waals surface area contributed by atoms with Crippen LogP contribution in [-0.4, -0.2) is 16.3 Å². The predicted octanol–water partition coefficient (Wildman–Crippen LogP) is 2.49. The zero-order valence-corrected chi connectivity index (χ0v) is 10.5. The van der Waals surface area contributed by atoms with Gasteiger partial charge in [-0.1, -0.05) is 12.8 Å². The fourth-order valence-corrected chi connectivity index (χ4v) is 2.63. The van der Waals surface area contributed by atoms with E-state index in [0.717, 1.165) is 24.7 Å². The first-order chi connectivity index (χ1) is 7.79. The first-order valence-electron chi connectivity index (χ1n) is 6.53. The van der Waals surface area contributed by atoms with Crippen LogP contribution in [0.4, 0.5) is 0 Å². The molecule has 1 aromatic rings. The Labute approximate surface area is 98.2 Å². The van der Waals surface area contributed by atoms with E-state index in [1.165, 1.54) is 37.9 Å². The zero-order valence-electron chi connectivity index (χ0n) is 10.5. The van der Waals surface area contributed by atoms with Crippen molar-refractivity contribution in [2.45, 2.75) is 52.6 Å². The third-order valence-corrected chi connectivity index (χ3v) is 3.50. The standard InChI is InChI=1S/C13H23N3/c1-3-16-13(8-11(2)15-16)10-14-9-12-6-4-5-7-12/h8,12,14H,3-7,9-10H2,1-2H3. The average molecular weight is 221 g/mol. The van der Waals surface area contributed by atoms with Crippen LogP contribution in [0.1, 0.15) is 44.0 Å². The quantitative estimate of drug-likeness (QED) is 0.828. The molecule has 2 rings (SSSR count). The lowest BCUT2D eigenvalue weighted by atomic mass is 10.1. The van der Waals surface area contributed by atoms with Gasteiger partial charge in [-0.3, -0.25) is 4.68 Å². The van der Waals surface area contributed by atoms with Gasteiger partial charge in [0, 0.05) is 13.1 Å². The highest BCUT2D eigenvalue weighted by Gasteiger charge is 2.14. The molecule has 0 atom stereocenters. The third kappa shape index (κ3) is 2.85. The molecule has 3 nitrogen and oxygen atoms in total. The molecule has 90 valence electrons. The highest BCUT2D eigenvalue weighted by Crippen LogP contribution is 2.23. The van der Waals surface area contributed by atoms with Crippen molar-refractivity contribution in [1.82, 2.24) is 15.1 Å². The van der Waals surface area contributed by atoms with E-state index in [-0.39, 0.29) is 0 Å². The summed E-state index contributed by atoms with van der Waals surface area (Å²) < 4.78 is 2.09. The van der Waals surface area contributed by atoms with Crippen LogP contribution in [0, 0.1) is 12.8 Å². The Balaban J connectivity index is 1.79. The van der Waals surface area contributed by atoms with E-state index < -0.39 is 0 Å². The second-order valence-electron chi connectivity index (χ2n) is 4.87. The minimum atomic E-state index is 0.916. The van der Waals surface area contributed by atoms with Crippen LogP contribution in [0.5, 0.6) is 0 Å². The smallest absolute Gasteiger partial charge is 0.0597 e. The molecule has 16 heavy (non-hydrogen) atoms. The van der Waals surface area contributed by atoms with Crippen LogP contribution in [0.25, 0.3) is 0 Å². The lowest BCUT2D eigenvalue weighted by Gasteiger charge is -2.11. The molecule has 1 heterocycles. The van der Waals surface area contributed by atoms with Crippen molar-refractivity contribution >= 4 is 0 Å². The molecule has 3 heteroatoms. The molecule has 1 aliphatic carbocycles. The van der Waals surface area contributed by atoms with Gasteiger partial charge in [0.2, 0.25) is 0 Å². The van der Waals surface area contributed by atoms with Gasteiger partial charge in [-0.25, -0.2) is 0 Å². The zero-order chi connectivity index (χ0) is 11.4. The van der Waals surface area contributed by atoms with Gasteiger partial charge in [0.25, 0.3) is 0 Å². The Kier molecular flexibility index (Phi) is 3.99. The summed E-state index contributed by atoms with van der Waals surface area (Å²) in [7, 11) is 0.